The minimum absolute atomic E-state index is 0.149. The molecule has 8 heteroatoms. The average molecular weight is 322 g/mol. The predicted molar refractivity (Wildman–Crippen MR) is 78.7 cm³/mol. The van der Waals surface area contributed by atoms with Crippen LogP contribution in [0.4, 0.5) is 0 Å². The summed E-state index contributed by atoms with van der Waals surface area (Å²) in [5.74, 6) is -0.333. The van der Waals surface area contributed by atoms with Crippen molar-refractivity contribution < 1.29 is 29.0 Å². The minimum atomic E-state index is -1.14. The van der Waals surface area contributed by atoms with E-state index in [9.17, 15) is 14.4 Å². The van der Waals surface area contributed by atoms with Crippen molar-refractivity contribution in [2.45, 2.75) is 19.4 Å². The van der Waals surface area contributed by atoms with Crippen LogP contribution in [-0.4, -0.2) is 54.2 Å². The predicted octanol–water partition coefficient (Wildman–Crippen LogP) is 1.55. The van der Waals surface area contributed by atoms with E-state index >= 15 is 0 Å². The molecule has 0 heterocycles. The zero-order chi connectivity index (χ0) is 15.4. The molecule has 0 saturated heterocycles. The second-order valence-corrected chi connectivity index (χ2v) is 6.36. The van der Waals surface area contributed by atoms with Crippen LogP contribution >= 0.6 is 21.6 Å². The Morgan fingerprint density at radius 2 is 1.90 bits per heavy atom. The summed E-state index contributed by atoms with van der Waals surface area (Å²) in [5.41, 5.74) is 0.367. The van der Waals surface area contributed by atoms with Gasteiger partial charge in [-0.05, 0) is 6.92 Å². The molecule has 1 N–H and O–H groups in total. The number of rotatable bonds is 12. The lowest BCUT2D eigenvalue weighted by Gasteiger charge is -2.10. The van der Waals surface area contributed by atoms with Crippen LogP contribution in [0.5, 0.6) is 0 Å². The smallest absolute Gasteiger partial charge is 0.333 e. The molecule has 0 fully saturated rings. The summed E-state index contributed by atoms with van der Waals surface area (Å²) in [6, 6.07) is 0. The van der Waals surface area contributed by atoms with Crippen molar-refractivity contribution in [3.63, 3.8) is 0 Å². The standard InChI is InChI=1S/C12H18O6S2/c1-9(2)12(16)18-6-8-20-19-7-5-17-10(3-4-13)11(14)15/h4,10H,1,3,5-8H2,2H3,(H,14,15). The lowest BCUT2D eigenvalue weighted by molar-refractivity contribution is -0.151. The number of aldehydes is 1. The first-order chi connectivity index (χ1) is 9.49. The topological polar surface area (TPSA) is 89.9 Å². The third-order valence-corrected chi connectivity index (χ3v) is 4.24. The van der Waals surface area contributed by atoms with Gasteiger partial charge in [-0.15, -0.1) is 0 Å². The van der Waals surface area contributed by atoms with E-state index in [0.717, 1.165) is 0 Å². The van der Waals surface area contributed by atoms with Gasteiger partial charge >= 0.3 is 11.9 Å². The molecule has 1 unspecified atom stereocenters. The van der Waals surface area contributed by atoms with Gasteiger partial charge in [0.25, 0.3) is 0 Å². The fourth-order valence-corrected chi connectivity index (χ4v) is 2.63. The molecule has 0 aliphatic rings. The highest BCUT2D eigenvalue weighted by Crippen LogP contribution is 2.20. The number of carbonyl (C=O) groups is 3. The highest BCUT2D eigenvalue weighted by Gasteiger charge is 2.16. The number of hydrogen-bond acceptors (Lipinski definition) is 7. The minimum Gasteiger partial charge on any atom is -0.479 e. The molecule has 6 nitrogen and oxygen atoms in total. The van der Waals surface area contributed by atoms with Gasteiger partial charge in [-0.1, -0.05) is 28.2 Å². The summed E-state index contributed by atoms with van der Waals surface area (Å²) in [6.45, 7) is 5.59. The molecular weight excluding hydrogens is 304 g/mol. The second-order valence-electron chi connectivity index (χ2n) is 3.66. The van der Waals surface area contributed by atoms with Gasteiger partial charge in [0.05, 0.1) is 6.61 Å². The van der Waals surface area contributed by atoms with Crippen LogP contribution in [-0.2, 0) is 23.9 Å². The maximum absolute atomic E-state index is 11.0. The van der Waals surface area contributed by atoms with E-state index in [-0.39, 0.29) is 13.0 Å². The van der Waals surface area contributed by atoms with E-state index < -0.39 is 18.0 Å². The molecule has 0 aromatic heterocycles. The zero-order valence-corrected chi connectivity index (χ0v) is 12.8. The molecule has 114 valence electrons. The van der Waals surface area contributed by atoms with Crippen LogP contribution in [0.2, 0.25) is 0 Å². The molecule has 0 aromatic carbocycles. The van der Waals surface area contributed by atoms with Gasteiger partial charge in [0, 0.05) is 23.5 Å². The van der Waals surface area contributed by atoms with Crippen molar-refractivity contribution in [2.24, 2.45) is 0 Å². The molecule has 0 spiro atoms. The number of esters is 1. The van der Waals surface area contributed by atoms with Crippen LogP contribution in [0, 0.1) is 0 Å². The van der Waals surface area contributed by atoms with Crippen molar-refractivity contribution in [2.75, 3.05) is 24.7 Å². The van der Waals surface area contributed by atoms with Crippen LogP contribution in [0.15, 0.2) is 12.2 Å². The number of carboxylic acid groups (broad SMARTS) is 1. The largest absolute Gasteiger partial charge is 0.479 e. The van der Waals surface area contributed by atoms with E-state index in [1.807, 2.05) is 0 Å². The Morgan fingerprint density at radius 3 is 2.40 bits per heavy atom. The Hall–Kier alpha value is -0.990. The summed E-state index contributed by atoms with van der Waals surface area (Å²) in [6.07, 6.45) is -0.699. The van der Waals surface area contributed by atoms with Crippen molar-refractivity contribution in [3.05, 3.63) is 12.2 Å². The molecule has 0 aliphatic carbocycles. The molecule has 20 heavy (non-hydrogen) atoms. The van der Waals surface area contributed by atoms with Crippen LogP contribution in [0.1, 0.15) is 13.3 Å². The van der Waals surface area contributed by atoms with Crippen molar-refractivity contribution in [1.82, 2.24) is 0 Å². The summed E-state index contributed by atoms with van der Waals surface area (Å²) in [7, 11) is 2.97. The molecule has 0 bridgehead atoms. The maximum Gasteiger partial charge on any atom is 0.333 e. The van der Waals surface area contributed by atoms with Gasteiger partial charge in [0.15, 0.2) is 6.10 Å². The van der Waals surface area contributed by atoms with E-state index in [4.69, 9.17) is 14.6 Å². The van der Waals surface area contributed by atoms with Crippen molar-refractivity contribution in [3.8, 4) is 0 Å². The van der Waals surface area contributed by atoms with Crippen LogP contribution < -0.4 is 0 Å². The summed E-state index contributed by atoms with van der Waals surface area (Å²) < 4.78 is 9.95. The van der Waals surface area contributed by atoms with Crippen LogP contribution in [0.3, 0.4) is 0 Å². The van der Waals surface area contributed by atoms with Crippen molar-refractivity contribution in [1.29, 1.82) is 0 Å². The summed E-state index contributed by atoms with van der Waals surface area (Å²) in [5, 5.41) is 8.72. The maximum atomic E-state index is 11.0. The first-order valence-electron chi connectivity index (χ1n) is 5.84. The Kier molecular flexibility index (Phi) is 11.2. The molecule has 0 aromatic rings. The third-order valence-electron chi connectivity index (χ3n) is 1.90. The van der Waals surface area contributed by atoms with E-state index in [1.54, 1.807) is 6.92 Å². The fourth-order valence-electron chi connectivity index (χ4n) is 0.961. The first-order valence-corrected chi connectivity index (χ1v) is 8.33. The van der Waals surface area contributed by atoms with Gasteiger partial charge in [0.2, 0.25) is 0 Å². The number of carbonyl (C=O) groups excluding carboxylic acids is 2. The van der Waals surface area contributed by atoms with Crippen molar-refractivity contribution >= 4 is 39.8 Å². The molecule has 0 saturated carbocycles. The lowest BCUT2D eigenvalue weighted by atomic mass is 10.3. The quantitative estimate of drug-likeness (QED) is 0.190. The summed E-state index contributed by atoms with van der Waals surface area (Å²) in [4.78, 5) is 31.9. The first kappa shape index (κ1) is 19.0. The van der Waals surface area contributed by atoms with Gasteiger partial charge in [-0.2, -0.15) is 0 Å². The molecule has 0 amide bonds. The van der Waals surface area contributed by atoms with E-state index in [1.165, 1.54) is 21.6 Å². The molecule has 0 rings (SSSR count). The number of aliphatic carboxylic acids is 1. The Bertz CT molecular complexity index is 345. The monoisotopic (exact) mass is 322 g/mol. The second kappa shape index (κ2) is 11.8. The van der Waals surface area contributed by atoms with Gasteiger partial charge < -0.3 is 19.4 Å². The molecule has 0 radical (unpaired) electrons. The average Bonchev–Trinajstić information content (AvgIpc) is 2.39. The molecule has 0 aliphatic heterocycles. The Balaban J connectivity index is 3.48. The normalized spacial score (nSPS) is 11.7. The number of hydrogen-bond donors (Lipinski definition) is 1. The number of carboxylic acids is 1. The van der Waals surface area contributed by atoms with Crippen LogP contribution in [0.25, 0.3) is 0 Å². The fraction of sp³-hybridized carbons (Fsp3) is 0.583. The SMILES string of the molecule is C=C(C)C(=O)OCCSSCCOC(CC=O)C(=O)O. The Labute approximate surface area is 125 Å². The lowest BCUT2D eigenvalue weighted by Crippen LogP contribution is -2.25. The Morgan fingerprint density at radius 1 is 1.30 bits per heavy atom. The molecular formula is C12H18O6S2. The summed E-state index contributed by atoms with van der Waals surface area (Å²) >= 11 is 0. The third kappa shape index (κ3) is 9.88. The van der Waals surface area contributed by atoms with Gasteiger partial charge in [0.1, 0.15) is 12.9 Å². The zero-order valence-electron chi connectivity index (χ0n) is 11.2. The van der Waals surface area contributed by atoms with E-state index in [0.29, 0.717) is 30.0 Å². The van der Waals surface area contributed by atoms with Gasteiger partial charge in [-0.3, -0.25) is 0 Å². The number of ether oxygens (including phenoxy) is 2. The van der Waals surface area contributed by atoms with E-state index in [2.05, 4.69) is 6.58 Å². The highest BCUT2D eigenvalue weighted by atomic mass is 33.1. The highest BCUT2D eigenvalue weighted by molar-refractivity contribution is 8.76. The van der Waals surface area contributed by atoms with Gasteiger partial charge in [-0.25, -0.2) is 9.59 Å². The molecule has 1 atom stereocenters.